The quantitative estimate of drug-likeness (QED) is 0.543. The van der Waals surface area contributed by atoms with E-state index in [-0.39, 0.29) is 5.91 Å². The Labute approximate surface area is 176 Å². The van der Waals surface area contributed by atoms with Crippen LogP contribution in [0.3, 0.4) is 0 Å². The number of aromatic nitrogens is 1. The van der Waals surface area contributed by atoms with E-state index >= 15 is 0 Å². The summed E-state index contributed by atoms with van der Waals surface area (Å²) in [7, 11) is 3.16. The predicted molar refractivity (Wildman–Crippen MR) is 115 cm³/mol. The van der Waals surface area contributed by atoms with Crippen molar-refractivity contribution in [2.45, 2.75) is 18.8 Å². The maximum atomic E-state index is 13.0. The van der Waals surface area contributed by atoms with Crippen LogP contribution < -0.4 is 9.47 Å². The van der Waals surface area contributed by atoms with Gasteiger partial charge in [-0.05, 0) is 53.0 Å². The fraction of sp³-hybridized carbons (Fsp3) is 0.333. The lowest BCUT2D eigenvalue weighted by atomic mass is 9.97. The zero-order valence-electron chi connectivity index (χ0n) is 15.8. The van der Waals surface area contributed by atoms with E-state index in [0.717, 1.165) is 31.4 Å². The zero-order chi connectivity index (χ0) is 19.7. The number of hydrogen-bond donors (Lipinski definition) is 0. The van der Waals surface area contributed by atoms with E-state index in [9.17, 15) is 4.79 Å². The molecule has 4 rings (SSSR count). The Balaban J connectivity index is 1.48. The van der Waals surface area contributed by atoms with Gasteiger partial charge in [0.2, 0.25) is 0 Å². The largest absolute Gasteiger partial charge is 0.495 e. The minimum absolute atomic E-state index is 0.00634. The molecule has 1 fully saturated rings. The van der Waals surface area contributed by atoms with Gasteiger partial charge in [0.15, 0.2) is 0 Å². The van der Waals surface area contributed by atoms with E-state index < -0.39 is 0 Å². The van der Waals surface area contributed by atoms with E-state index in [1.807, 2.05) is 17.0 Å². The van der Waals surface area contributed by atoms with E-state index in [0.29, 0.717) is 27.5 Å². The molecule has 0 spiro atoms. The smallest absolute Gasteiger partial charge is 0.254 e. The molecule has 0 N–H and O–H groups in total. The van der Waals surface area contributed by atoms with Gasteiger partial charge in [0.25, 0.3) is 5.91 Å². The summed E-state index contributed by atoms with van der Waals surface area (Å²) in [5.74, 6) is 1.60. The lowest BCUT2D eigenvalue weighted by Crippen LogP contribution is -2.37. The minimum atomic E-state index is 0.00634. The van der Waals surface area contributed by atoms with Gasteiger partial charge in [-0.1, -0.05) is 12.1 Å². The highest BCUT2D eigenvalue weighted by molar-refractivity contribution is 9.10. The second kappa shape index (κ2) is 8.09. The maximum Gasteiger partial charge on any atom is 0.254 e. The molecule has 1 aromatic heterocycles. The summed E-state index contributed by atoms with van der Waals surface area (Å²) in [6.45, 7) is 1.44. The maximum absolute atomic E-state index is 13.0. The van der Waals surface area contributed by atoms with Crippen LogP contribution in [0.25, 0.3) is 10.2 Å². The Morgan fingerprint density at radius 2 is 1.79 bits per heavy atom. The number of methoxy groups -OCH3 is 2. The van der Waals surface area contributed by atoms with Gasteiger partial charge in [-0.25, -0.2) is 4.98 Å². The Morgan fingerprint density at radius 3 is 2.39 bits per heavy atom. The first kappa shape index (κ1) is 19.2. The van der Waals surface area contributed by atoms with Crippen LogP contribution in [0.5, 0.6) is 11.5 Å². The van der Waals surface area contributed by atoms with Gasteiger partial charge in [-0.15, -0.1) is 11.3 Å². The van der Waals surface area contributed by atoms with Crippen LogP contribution in [0, 0.1) is 0 Å². The van der Waals surface area contributed by atoms with Crippen molar-refractivity contribution in [3.8, 4) is 11.5 Å². The number of benzene rings is 2. The third-order valence-electron chi connectivity index (χ3n) is 5.13. The molecule has 5 nitrogen and oxygen atoms in total. The SMILES string of the molecule is COc1cc(C(=O)N2CCC(c3nc4ccccc4s3)CC2)cc(OC)c1Br. The second-order valence-corrected chi connectivity index (χ2v) is 8.64. The van der Waals surface area contributed by atoms with E-state index in [1.165, 1.54) is 9.71 Å². The number of carbonyl (C=O) groups is 1. The lowest BCUT2D eigenvalue weighted by Gasteiger charge is -2.31. The summed E-state index contributed by atoms with van der Waals surface area (Å²) in [5, 5.41) is 1.18. The number of ether oxygens (including phenoxy) is 2. The van der Waals surface area contributed by atoms with Gasteiger partial charge < -0.3 is 14.4 Å². The number of carbonyl (C=O) groups excluding carboxylic acids is 1. The van der Waals surface area contributed by atoms with Crippen molar-refractivity contribution in [2.75, 3.05) is 27.3 Å². The van der Waals surface area contributed by atoms with E-state index in [2.05, 4.69) is 28.1 Å². The van der Waals surface area contributed by atoms with E-state index in [1.54, 1.807) is 37.7 Å². The summed E-state index contributed by atoms with van der Waals surface area (Å²) in [5.41, 5.74) is 1.64. The number of halogens is 1. The third-order valence-corrected chi connectivity index (χ3v) is 7.11. The van der Waals surface area contributed by atoms with Crippen LogP contribution in [-0.4, -0.2) is 43.1 Å². The number of thiazole rings is 1. The summed E-state index contributed by atoms with van der Waals surface area (Å²) >= 11 is 5.22. The van der Waals surface area contributed by atoms with Crippen molar-refractivity contribution in [3.05, 3.63) is 51.4 Å². The van der Waals surface area contributed by atoms with Gasteiger partial charge in [-0.2, -0.15) is 0 Å². The Kier molecular flexibility index (Phi) is 5.55. The molecule has 7 heteroatoms. The van der Waals surface area contributed by atoms with Crippen LogP contribution in [0.4, 0.5) is 0 Å². The summed E-state index contributed by atoms with van der Waals surface area (Å²) in [6, 6.07) is 11.8. The van der Waals surface area contributed by atoms with Gasteiger partial charge in [-0.3, -0.25) is 4.79 Å². The molecule has 146 valence electrons. The summed E-state index contributed by atoms with van der Waals surface area (Å²) < 4.78 is 12.7. The molecule has 2 heterocycles. The normalized spacial score (nSPS) is 15.0. The molecule has 0 atom stereocenters. The van der Waals surface area contributed by atoms with Crippen LogP contribution in [-0.2, 0) is 0 Å². The molecule has 1 aliphatic rings. The molecule has 1 saturated heterocycles. The number of para-hydroxylation sites is 1. The number of fused-ring (bicyclic) bond motifs is 1. The predicted octanol–water partition coefficient (Wildman–Crippen LogP) is 5.10. The van der Waals surface area contributed by atoms with Gasteiger partial charge >= 0.3 is 0 Å². The molecule has 0 unspecified atom stereocenters. The number of piperidine rings is 1. The Morgan fingerprint density at radius 1 is 1.14 bits per heavy atom. The van der Waals surface area contributed by atoms with Crippen molar-refractivity contribution >= 4 is 43.4 Å². The fourth-order valence-corrected chi connectivity index (χ4v) is 5.26. The summed E-state index contributed by atoms with van der Waals surface area (Å²) in [6.07, 6.45) is 1.85. The van der Waals surface area contributed by atoms with Crippen LogP contribution in [0.15, 0.2) is 40.9 Å². The van der Waals surface area contributed by atoms with Gasteiger partial charge in [0.05, 0.1) is 29.4 Å². The number of nitrogens with zero attached hydrogens (tertiary/aromatic N) is 2. The highest BCUT2D eigenvalue weighted by Crippen LogP contribution is 2.37. The molecule has 0 bridgehead atoms. The zero-order valence-corrected chi connectivity index (χ0v) is 18.2. The average Bonchev–Trinajstić information content (AvgIpc) is 3.18. The number of amides is 1. The second-order valence-electron chi connectivity index (χ2n) is 6.78. The number of rotatable bonds is 4. The molecule has 0 aliphatic carbocycles. The fourth-order valence-electron chi connectivity index (χ4n) is 3.57. The molecular formula is C21H21BrN2O3S. The molecular weight excluding hydrogens is 440 g/mol. The van der Waals surface area contributed by atoms with Crippen LogP contribution in [0.2, 0.25) is 0 Å². The summed E-state index contributed by atoms with van der Waals surface area (Å²) in [4.78, 5) is 19.7. The molecule has 2 aromatic carbocycles. The highest BCUT2D eigenvalue weighted by Gasteiger charge is 2.27. The van der Waals surface area contributed by atoms with Crippen molar-refractivity contribution in [1.82, 2.24) is 9.88 Å². The monoisotopic (exact) mass is 460 g/mol. The topological polar surface area (TPSA) is 51.7 Å². The Hall–Kier alpha value is -2.12. The molecule has 28 heavy (non-hydrogen) atoms. The first-order chi connectivity index (χ1) is 13.6. The molecule has 0 saturated carbocycles. The molecule has 1 amide bonds. The third kappa shape index (κ3) is 3.61. The standard InChI is InChI=1S/C21H21BrN2O3S/c1-26-16-11-14(12-17(27-2)19(16)22)21(25)24-9-7-13(8-10-24)20-23-15-5-3-4-6-18(15)28-20/h3-6,11-13H,7-10H2,1-2H3. The number of likely N-dealkylation sites (tertiary alicyclic amines) is 1. The Bertz CT molecular complexity index is 954. The van der Waals surface area contributed by atoms with Crippen molar-refractivity contribution < 1.29 is 14.3 Å². The van der Waals surface area contributed by atoms with E-state index in [4.69, 9.17) is 14.5 Å². The van der Waals surface area contributed by atoms with Crippen molar-refractivity contribution in [1.29, 1.82) is 0 Å². The van der Waals surface area contributed by atoms with Gasteiger partial charge in [0, 0.05) is 24.6 Å². The molecule has 0 radical (unpaired) electrons. The molecule has 1 aliphatic heterocycles. The number of hydrogen-bond acceptors (Lipinski definition) is 5. The lowest BCUT2D eigenvalue weighted by molar-refractivity contribution is 0.0712. The first-order valence-electron chi connectivity index (χ1n) is 9.17. The van der Waals surface area contributed by atoms with Crippen molar-refractivity contribution in [2.24, 2.45) is 0 Å². The van der Waals surface area contributed by atoms with Crippen LogP contribution >= 0.6 is 27.3 Å². The van der Waals surface area contributed by atoms with Gasteiger partial charge in [0.1, 0.15) is 16.0 Å². The first-order valence-corrected chi connectivity index (χ1v) is 10.8. The average molecular weight is 461 g/mol. The molecule has 3 aromatic rings. The van der Waals surface area contributed by atoms with Crippen LogP contribution in [0.1, 0.15) is 34.1 Å². The highest BCUT2D eigenvalue weighted by atomic mass is 79.9. The van der Waals surface area contributed by atoms with Crippen molar-refractivity contribution in [3.63, 3.8) is 0 Å². The minimum Gasteiger partial charge on any atom is -0.495 e.